The van der Waals surface area contributed by atoms with Gasteiger partial charge in [0.1, 0.15) is 0 Å². The summed E-state index contributed by atoms with van der Waals surface area (Å²) in [6, 6.07) is 3.71. The van der Waals surface area contributed by atoms with E-state index in [1.807, 2.05) is 26.0 Å². The van der Waals surface area contributed by atoms with Crippen LogP contribution in [0.4, 0.5) is 0 Å². The summed E-state index contributed by atoms with van der Waals surface area (Å²) in [4.78, 5) is 16.2. The Kier molecular flexibility index (Phi) is 6.62. The smallest absolute Gasteiger partial charge is 0.240 e. The minimum atomic E-state index is -0.822. The highest BCUT2D eigenvalue weighted by Crippen LogP contribution is 2.13. The summed E-state index contributed by atoms with van der Waals surface area (Å²) < 4.78 is 5.67. The molecule has 0 bridgehead atoms. The Hall–Kier alpha value is -1.62. The van der Waals surface area contributed by atoms with E-state index in [0.29, 0.717) is 18.8 Å². The van der Waals surface area contributed by atoms with E-state index in [1.54, 1.807) is 13.1 Å². The predicted octanol–water partition coefficient (Wildman–Crippen LogP) is 2.39. The van der Waals surface area contributed by atoms with Crippen molar-refractivity contribution < 1.29 is 9.53 Å². The van der Waals surface area contributed by atoms with Crippen molar-refractivity contribution in [2.45, 2.75) is 65.1 Å². The van der Waals surface area contributed by atoms with Crippen LogP contribution in [0.1, 0.15) is 52.5 Å². The topological polar surface area (TPSA) is 77.2 Å². The van der Waals surface area contributed by atoms with E-state index in [0.717, 1.165) is 18.4 Å². The van der Waals surface area contributed by atoms with Crippen molar-refractivity contribution in [2.24, 2.45) is 5.73 Å². The molecule has 0 radical (unpaired) electrons. The van der Waals surface area contributed by atoms with E-state index in [-0.39, 0.29) is 12.0 Å². The van der Waals surface area contributed by atoms with Crippen LogP contribution in [0.25, 0.3) is 0 Å². The highest BCUT2D eigenvalue weighted by molar-refractivity contribution is 5.85. The summed E-state index contributed by atoms with van der Waals surface area (Å²) in [5.41, 5.74) is 6.13. The molecule has 0 saturated carbocycles. The number of rotatable bonds is 8. The van der Waals surface area contributed by atoms with Gasteiger partial charge in [0.05, 0.1) is 11.6 Å². The van der Waals surface area contributed by atoms with Gasteiger partial charge in [0.2, 0.25) is 11.8 Å². The maximum atomic E-state index is 12.1. The van der Waals surface area contributed by atoms with Gasteiger partial charge < -0.3 is 15.8 Å². The molecule has 3 N–H and O–H groups in total. The second-order valence-electron chi connectivity index (χ2n) is 5.69. The number of nitrogens with zero attached hydrogens (tertiary/aromatic N) is 1. The van der Waals surface area contributed by atoms with E-state index < -0.39 is 5.54 Å². The summed E-state index contributed by atoms with van der Waals surface area (Å²) in [6.45, 7) is 8.26. The lowest BCUT2D eigenvalue weighted by atomic mass is 9.96. The third kappa shape index (κ3) is 5.71. The van der Waals surface area contributed by atoms with E-state index >= 15 is 0 Å². The Bertz CT molecular complexity index is 461. The Morgan fingerprint density at radius 3 is 2.86 bits per heavy atom. The first-order valence-corrected chi connectivity index (χ1v) is 7.57. The molecule has 0 fully saturated rings. The van der Waals surface area contributed by atoms with Crippen molar-refractivity contribution in [3.63, 3.8) is 0 Å². The number of carbonyl (C=O) groups is 1. The van der Waals surface area contributed by atoms with Crippen LogP contribution in [0.15, 0.2) is 18.3 Å². The average Bonchev–Trinajstić information content (AvgIpc) is 2.44. The lowest BCUT2D eigenvalue weighted by Gasteiger charge is -2.22. The molecule has 0 saturated heterocycles. The normalized spacial score (nSPS) is 15.1. The highest BCUT2D eigenvalue weighted by Gasteiger charge is 2.26. The number of carbonyl (C=O) groups excluding carboxylic acids is 1. The summed E-state index contributed by atoms with van der Waals surface area (Å²) in [7, 11) is 0. The highest BCUT2D eigenvalue weighted by atomic mass is 16.5. The first kappa shape index (κ1) is 17.4. The van der Waals surface area contributed by atoms with Crippen LogP contribution in [-0.2, 0) is 11.3 Å². The molecule has 2 unspecified atom stereocenters. The second-order valence-corrected chi connectivity index (χ2v) is 5.69. The number of amides is 1. The van der Waals surface area contributed by atoms with Gasteiger partial charge in [-0.15, -0.1) is 0 Å². The van der Waals surface area contributed by atoms with E-state index in [1.165, 1.54) is 0 Å². The van der Waals surface area contributed by atoms with Crippen LogP contribution < -0.4 is 15.8 Å². The third-order valence-electron chi connectivity index (χ3n) is 3.44. The van der Waals surface area contributed by atoms with Crippen molar-refractivity contribution in [3.05, 3.63) is 23.9 Å². The van der Waals surface area contributed by atoms with E-state index in [9.17, 15) is 4.79 Å². The van der Waals surface area contributed by atoms with Crippen molar-refractivity contribution in [1.29, 1.82) is 0 Å². The van der Waals surface area contributed by atoms with Gasteiger partial charge in [-0.1, -0.05) is 20.3 Å². The summed E-state index contributed by atoms with van der Waals surface area (Å²) in [6.07, 6.45) is 4.28. The van der Waals surface area contributed by atoms with Crippen molar-refractivity contribution >= 4 is 5.91 Å². The lowest BCUT2D eigenvalue weighted by molar-refractivity contribution is -0.126. The number of hydrogen-bond donors (Lipinski definition) is 2. The number of ether oxygens (including phenoxy) is 1. The fourth-order valence-electron chi connectivity index (χ4n) is 1.93. The van der Waals surface area contributed by atoms with Crippen LogP contribution >= 0.6 is 0 Å². The standard InChI is InChI=1S/C16H27N3O2/c1-5-8-16(4,17)15(20)19-11-13-7-9-18-14(10-13)21-12(3)6-2/h7,9-10,12H,5-6,8,11,17H2,1-4H3,(H,19,20). The van der Waals surface area contributed by atoms with Gasteiger partial charge in [0.15, 0.2) is 0 Å². The van der Waals surface area contributed by atoms with Gasteiger partial charge in [-0.25, -0.2) is 4.98 Å². The molecule has 1 rings (SSSR count). The number of nitrogens with two attached hydrogens (primary N) is 1. The zero-order chi connectivity index (χ0) is 15.9. The maximum absolute atomic E-state index is 12.1. The number of nitrogens with one attached hydrogen (secondary N) is 1. The fraction of sp³-hybridized carbons (Fsp3) is 0.625. The molecule has 21 heavy (non-hydrogen) atoms. The van der Waals surface area contributed by atoms with Gasteiger partial charge in [0.25, 0.3) is 0 Å². The number of pyridine rings is 1. The van der Waals surface area contributed by atoms with Gasteiger partial charge in [-0.3, -0.25) is 4.79 Å². The molecular formula is C16H27N3O2. The number of hydrogen-bond acceptors (Lipinski definition) is 4. The molecule has 0 spiro atoms. The van der Waals surface area contributed by atoms with Gasteiger partial charge in [-0.2, -0.15) is 0 Å². The summed E-state index contributed by atoms with van der Waals surface area (Å²) >= 11 is 0. The van der Waals surface area contributed by atoms with Crippen molar-refractivity contribution in [3.8, 4) is 5.88 Å². The van der Waals surface area contributed by atoms with Crippen LogP contribution in [-0.4, -0.2) is 22.5 Å². The molecule has 1 heterocycles. The van der Waals surface area contributed by atoms with Crippen LogP contribution in [0, 0.1) is 0 Å². The Morgan fingerprint density at radius 1 is 1.52 bits per heavy atom. The maximum Gasteiger partial charge on any atom is 0.240 e. The minimum absolute atomic E-state index is 0.124. The molecule has 0 aliphatic heterocycles. The SMILES string of the molecule is CCCC(C)(N)C(=O)NCc1ccnc(OC(C)CC)c1. The molecule has 0 aromatic carbocycles. The average molecular weight is 293 g/mol. The zero-order valence-electron chi connectivity index (χ0n) is 13.5. The van der Waals surface area contributed by atoms with Crippen molar-refractivity contribution in [2.75, 3.05) is 0 Å². The molecular weight excluding hydrogens is 266 g/mol. The van der Waals surface area contributed by atoms with Gasteiger partial charge in [0, 0.05) is 18.8 Å². The van der Waals surface area contributed by atoms with Gasteiger partial charge >= 0.3 is 0 Å². The zero-order valence-corrected chi connectivity index (χ0v) is 13.5. The largest absolute Gasteiger partial charge is 0.475 e. The first-order valence-electron chi connectivity index (χ1n) is 7.57. The first-order chi connectivity index (χ1) is 9.89. The molecule has 1 aromatic rings. The fourth-order valence-corrected chi connectivity index (χ4v) is 1.93. The molecule has 0 aliphatic rings. The molecule has 0 aliphatic carbocycles. The molecule has 1 amide bonds. The minimum Gasteiger partial charge on any atom is -0.475 e. The summed E-state index contributed by atoms with van der Waals surface area (Å²) in [5.74, 6) is 0.450. The van der Waals surface area contributed by atoms with Crippen molar-refractivity contribution in [1.82, 2.24) is 10.3 Å². The summed E-state index contributed by atoms with van der Waals surface area (Å²) in [5, 5.41) is 2.87. The Balaban J connectivity index is 2.59. The van der Waals surface area contributed by atoms with Crippen LogP contribution in [0.2, 0.25) is 0 Å². The quantitative estimate of drug-likeness (QED) is 0.771. The molecule has 1 aromatic heterocycles. The van der Waals surface area contributed by atoms with Crippen LogP contribution in [0.3, 0.4) is 0 Å². The molecule has 118 valence electrons. The number of aromatic nitrogens is 1. The Morgan fingerprint density at radius 2 is 2.24 bits per heavy atom. The second kappa shape index (κ2) is 7.98. The lowest BCUT2D eigenvalue weighted by Crippen LogP contribution is -2.51. The Labute approximate surface area is 127 Å². The molecule has 5 nitrogen and oxygen atoms in total. The molecule has 5 heteroatoms. The van der Waals surface area contributed by atoms with E-state index in [2.05, 4.69) is 17.2 Å². The molecule has 2 atom stereocenters. The predicted molar refractivity (Wildman–Crippen MR) is 84.0 cm³/mol. The van der Waals surface area contributed by atoms with Gasteiger partial charge in [-0.05, 0) is 38.3 Å². The monoisotopic (exact) mass is 293 g/mol. The van der Waals surface area contributed by atoms with E-state index in [4.69, 9.17) is 10.5 Å². The third-order valence-corrected chi connectivity index (χ3v) is 3.44. The van der Waals surface area contributed by atoms with Crippen LogP contribution in [0.5, 0.6) is 5.88 Å².